The van der Waals surface area contributed by atoms with Crippen LogP contribution in [-0.4, -0.2) is 44.5 Å². The van der Waals surface area contributed by atoms with Crippen LogP contribution in [0.2, 0.25) is 0 Å². The molecule has 0 unspecified atom stereocenters. The van der Waals surface area contributed by atoms with Crippen molar-refractivity contribution in [2.45, 2.75) is 38.9 Å². The molecule has 2 fully saturated rings. The zero-order valence-corrected chi connectivity index (χ0v) is 18.3. The fourth-order valence-corrected chi connectivity index (χ4v) is 3.93. The summed E-state index contributed by atoms with van der Waals surface area (Å²) in [7, 11) is -0.607. The molecule has 0 amide bonds. The van der Waals surface area contributed by atoms with Gasteiger partial charge in [-0.2, -0.15) is 5.26 Å². The molecule has 0 N–H and O–H groups in total. The molecule has 0 atom stereocenters. The molecule has 2 aliphatic rings. The second kappa shape index (κ2) is 7.81. The second-order valence-corrected chi connectivity index (χ2v) is 9.05. The van der Waals surface area contributed by atoms with E-state index in [0.29, 0.717) is 48.6 Å². The van der Waals surface area contributed by atoms with Crippen molar-refractivity contribution in [3.8, 4) is 6.07 Å². The van der Waals surface area contributed by atoms with E-state index in [4.69, 9.17) is 14.6 Å². The van der Waals surface area contributed by atoms with E-state index in [2.05, 4.69) is 0 Å². The van der Waals surface area contributed by atoms with E-state index in [-0.39, 0.29) is 5.82 Å². The van der Waals surface area contributed by atoms with Crippen LogP contribution >= 0.6 is 0 Å². The van der Waals surface area contributed by atoms with Gasteiger partial charge in [-0.3, -0.25) is 0 Å². The van der Waals surface area contributed by atoms with Gasteiger partial charge in [0.05, 0.1) is 34.2 Å². The van der Waals surface area contributed by atoms with Crippen molar-refractivity contribution in [2.24, 2.45) is 0 Å². The van der Waals surface area contributed by atoms with Crippen LogP contribution in [-0.2, 0) is 9.31 Å². The lowest BCUT2D eigenvalue weighted by molar-refractivity contribution is 0.00578. The summed E-state index contributed by atoms with van der Waals surface area (Å²) in [4.78, 5) is 3.88. The summed E-state index contributed by atoms with van der Waals surface area (Å²) in [5, 5.41) is 8.90. The quantitative estimate of drug-likeness (QED) is 0.706. The zero-order chi connectivity index (χ0) is 22.4. The minimum atomic E-state index is -0.607. The number of nitriles is 1. The molecular weight excluding hydrogens is 399 g/mol. The highest BCUT2D eigenvalue weighted by atomic mass is 19.1. The largest absolute Gasteiger partial charge is 0.494 e. The zero-order valence-electron chi connectivity index (χ0n) is 18.3. The summed E-state index contributed by atoms with van der Waals surface area (Å²) < 4.78 is 41.3. The van der Waals surface area contributed by atoms with Gasteiger partial charge in [0.1, 0.15) is 11.6 Å². The molecule has 2 saturated heterocycles. The predicted molar refractivity (Wildman–Crippen MR) is 118 cm³/mol. The predicted octanol–water partition coefficient (Wildman–Crippen LogP) is 3.46. The summed E-state index contributed by atoms with van der Waals surface area (Å²) in [6, 6.07) is 11.5. The summed E-state index contributed by atoms with van der Waals surface area (Å²) in [5.74, 6) is -0.740. The van der Waals surface area contributed by atoms with Crippen LogP contribution in [0.4, 0.5) is 20.2 Å². The number of halogens is 2. The van der Waals surface area contributed by atoms with Gasteiger partial charge in [-0.15, -0.1) is 0 Å². The Morgan fingerprint density at radius 2 is 1.32 bits per heavy atom. The molecule has 2 aromatic rings. The average molecular weight is 425 g/mol. The number of benzene rings is 2. The van der Waals surface area contributed by atoms with Gasteiger partial charge >= 0.3 is 7.12 Å². The number of anilines is 2. The summed E-state index contributed by atoms with van der Waals surface area (Å²) >= 11 is 0. The number of hydrogen-bond acceptors (Lipinski definition) is 5. The molecule has 4 rings (SSSR count). The summed E-state index contributed by atoms with van der Waals surface area (Å²) in [6.07, 6.45) is 0. The van der Waals surface area contributed by atoms with Gasteiger partial charge in [0.25, 0.3) is 0 Å². The molecule has 162 valence electrons. The molecule has 8 heteroatoms. The van der Waals surface area contributed by atoms with Crippen molar-refractivity contribution in [3.63, 3.8) is 0 Å². The van der Waals surface area contributed by atoms with E-state index in [1.54, 1.807) is 18.2 Å². The van der Waals surface area contributed by atoms with Crippen molar-refractivity contribution in [2.75, 3.05) is 36.0 Å². The maximum Gasteiger partial charge on any atom is 0.494 e. The molecule has 0 bridgehead atoms. The summed E-state index contributed by atoms with van der Waals surface area (Å²) in [6.45, 7) is 10.1. The van der Waals surface area contributed by atoms with E-state index in [0.717, 1.165) is 0 Å². The Bertz CT molecular complexity index is 1010. The molecule has 31 heavy (non-hydrogen) atoms. The van der Waals surface area contributed by atoms with Gasteiger partial charge in [0.15, 0.2) is 0 Å². The topological polar surface area (TPSA) is 48.7 Å². The molecule has 0 spiro atoms. The van der Waals surface area contributed by atoms with Gasteiger partial charge in [0, 0.05) is 26.2 Å². The second-order valence-electron chi connectivity index (χ2n) is 9.05. The minimum absolute atomic E-state index is 0.295. The molecule has 0 saturated carbocycles. The smallest absolute Gasteiger partial charge is 0.399 e. The molecular formula is C23H26BF2N3O2. The van der Waals surface area contributed by atoms with Crippen LogP contribution in [0.15, 0.2) is 36.4 Å². The van der Waals surface area contributed by atoms with Crippen molar-refractivity contribution >= 4 is 24.0 Å². The third-order valence-corrected chi connectivity index (χ3v) is 6.53. The third-order valence-electron chi connectivity index (χ3n) is 6.53. The van der Waals surface area contributed by atoms with Crippen molar-refractivity contribution < 1.29 is 18.1 Å². The normalized spacial score (nSPS) is 20.1. The Morgan fingerprint density at radius 3 is 1.77 bits per heavy atom. The molecule has 0 aromatic heterocycles. The van der Waals surface area contributed by atoms with Gasteiger partial charge in [-0.25, -0.2) is 8.78 Å². The first kappa shape index (κ1) is 21.6. The number of hydrogen-bond donors (Lipinski definition) is 0. The molecule has 0 aliphatic carbocycles. The lowest BCUT2D eigenvalue weighted by Crippen LogP contribution is -2.47. The van der Waals surface area contributed by atoms with Gasteiger partial charge in [-0.1, -0.05) is 6.07 Å². The van der Waals surface area contributed by atoms with Crippen LogP contribution in [0.3, 0.4) is 0 Å². The monoisotopic (exact) mass is 425 g/mol. The van der Waals surface area contributed by atoms with Crippen molar-refractivity contribution in [1.82, 2.24) is 0 Å². The number of piperazine rings is 1. The van der Waals surface area contributed by atoms with Gasteiger partial charge in [-0.05, 0) is 63.5 Å². The van der Waals surface area contributed by atoms with Gasteiger partial charge in [0.2, 0.25) is 0 Å². The van der Waals surface area contributed by atoms with Crippen LogP contribution in [0, 0.1) is 23.0 Å². The minimum Gasteiger partial charge on any atom is -0.399 e. The Kier molecular flexibility index (Phi) is 5.44. The van der Waals surface area contributed by atoms with Crippen LogP contribution in [0.5, 0.6) is 0 Å². The standard InChI is InChI=1S/C23H26BF2N3O2/c1-22(2)23(3,4)31-24(30-22)17-6-8-21(19(26)14-17)29-11-9-28(10-12-29)20-7-5-16(15-27)13-18(20)25/h5-8,13-14H,9-12H2,1-4H3. The Hall–Kier alpha value is -2.63. The van der Waals surface area contributed by atoms with Crippen molar-refractivity contribution in [3.05, 3.63) is 53.6 Å². The highest BCUT2D eigenvalue weighted by Gasteiger charge is 2.51. The lowest BCUT2D eigenvalue weighted by atomic mass is 9.79. The van der Waals surface area contributed by atoms with Crippen LogP contribution in [0.1, 0.15) is 33.3 Å². The SMILES string of the molecule is CC1(C)OB(c2ccc(N3CCN(c4ccc(C#N)cc4F)CC3)c(F)c2)OC1(C)C. The molecule has 2 heterocycles. The molecule has 2 aromatic carbocycles. The number of rotatable bonds is 3. The average Bonchev–Trinajstić information content (AvgIpc) is 2.95. The number of nitrogens with zero attached hydrogens (tertiary/aromatic N) is 3. The first-order valence-corrected chi connectivity index (χ1v) is 10.5. The fourth-order valence-electron chi connectivity index (χ4n) is 3.93. The first-order chi connectivity index (χ1) is 14.6. The third kappa shape index (κ3) is 4.00. The highest BCUT2D eigenvalue weighted by Crippen LogP contribution is 2.36. The molecule has 2 aliphatic heterocycles. The highest BCUT2D eigenvalue weighted by molar-refractivity contribution is 6.62. The van der Waals surface area contributed by atoms with E-state index in [1.807, 2.05) is 49.6 Å². The Morgan fingerprint density at radius 1 is 0.839 bits per heavy atom. The maximum atomic E-state index is 15.0. The fraction of sp³-hybridized carbons (Fsp3) is 0.435. The van der Waals surface area contributed by atoms with Crippen LogP contribution < -0.4 is 15.3 Å². The maximum absolute atomic E-state index is 15.0. The Balaban J connectivity index is 1.44. The van der Waals surface area contributed by atoms with Crippen LogP contribution in [0.25, 0.3) is 0 Å². The Labute approximate surface area is 182 Å². The van der Waals surface area contributed by atoms with E-state index in [1.165, 1.54) is 12.1 Å². The van der Waals surface area contributed by atoms with E-state index in [9.17, 15) is 8.78 Å². The summed E-state index contributed by atoms with van der Waals surface area (Å²) in [5.41, 5.74) is 0.964. The van der Waals surface area contributed by atoms with Crippen molar-refractivity contribution in [1.29, 1.82) is 5.26 Å². The molecule has 0 radical (unpaired) electrons. The van der Waals surface area contributed by atoms with Gasteiger partial charge < -0.3 is 19.1 Å². The van der Waals surface area contributed by atoms with E-state index >= 15 is 0 Å². The first-order valence-electron chi connectivity index (χ1n) is 10.5. The molecule has 5 nitrogen and oxygen atoms in total. The van der Waals surface area contributed by atoms with E-state index < -0.39 is 24.1 Å². The lowest BCUT2D eigenvalue weighted by Gasteiger charge is -2.37.